The minimum atomic E-state index is 0.599. The number of hydrogen-bond donors (Lipinski definition) is 0. The molecule has 0 fully saturated rings. The predicted molar refractivity (Wildman–Crippen MR) is 73.4 cm³/mol. The van der Waals surface area contributed by atoms with Crippen molar-refractivity contribution in [3.63, 3.8) is 0 Å². The van der Waals surface area contributed by atoms with E-state index in [0.29, 0.717) is 12.1 Å². The first kappa shape index (κ1) is 13.9. The lowest BCUT2D eigenvalue weighted by molar-refractivity contribution is 0.463. The summed E-state index contributed by atoms with van der Waals surface area (Å²) in [5.74, 6) is 2.04. The molecule has 4 nitrogen and oxygen atoms in total. The summed E-state index contributed by atoms with van der Waals surface area (Å²) in [6, 6.07) is 0. The van der Waals surface area contributed by atoms with Gasteiger partial charge in [-0.1, -0.05) is 11.3 Å². The standard InChI is InChI=1S/C12H19N3OS/c1-6-15(5)12-13-9(2)11(17-12)10(8-16)7-14(3)4/h6-7H2,1-5H3. The van der Waals surface area contributed by atoms with E-state index in [1.165, 1.54) is 0 Å². The van der Waals surface area contributed by atoms with Gasteiger partial charge < -0.3 is 9.80 Å². The second-order valence-electron chi connectivity index (χ2n) is 4.24. The molecule has 1 rings (SSSR count). The summed E-state index contributed by atoms with van der Waals surface area (Å²) in [5, 5.41) is 0.950. The number of aryl methyl sites for hydroxylation is 1. The van der Waals surface area contributed by atoms with E-state index in [-0.39, 0.29) is 0 Å². The van der Waals surface area contributed by atoms with E-state index in [1.807, 2.05) is 38.9 Å². The van der Waals surface area contributed by atoms with Gasteiger partial charge in [0.15, 0.2) is 5.13 Å². The molecule has 0 aliphatic heterocycles. The Kier molecular flexibility index (Phi) is 4.87. The Morgan fingerprint density at radius 1 is 1.41 bits per heavy atom. The van der Waals surface area contributed by atoms with Crippen molar-refractivity contribution < 1.29 is 4.79 Å². The molecule has 0 atom stereocenters. The normalized spacial score (nSPS) is 10.5. The third kappa shape index (κ3) is 3.40. The van der Waals surface area contributed by atoms with Crippen molar-refractivity contribution >= 4 is 28.0 Å². The van der Waals surface area contributed by atoms with Crippen LogP contribution in [0.1, 0.15) is 17.5 Å². The Morgan fingerprint density at radius 2 is 2.06 bits per heavy atom. The number of rotatable bonds is 5. The van der Waals surface area contributed by atoms with Crippen molar-refractivity contribution in [2.24, 2.45) is 0 Å². The third-order valence-electron chi connectivity index (χ3n) is 2.46. The van der Waals surface area contributed by atoms with E-state index in [4.69, 9.17) is 0 Å². The Bertz CT molecular complexity index is 433. The molecule has 17 heavy (non-hydrogen) atoms. The second-order valence-corrected chi connectivity index (χ2v) is 5.22. The van der Waals surface area contributed by atoms with Crippen molar-refractivity contribution in [2.45, 2.75) is 13.8 Å². The van der Waals surface area contributed by atoms with Gasteiger partial charge in [-0.15, -0.1) is 0 Å². The summed E-state index contributed by atoms with van der Waals surface area (Å²) in [7, 11) is 5.87. The van der Waals surface area contributed by atoms with E-state index in [0.717, 1.165) is 22.2 Å². The number of thiazole rings is 1. The predicted octanol–water partition coefficient (Wildman–Crippen LogP) is 1.68. The first-order valence-corrected chi connectivity index (χ1v) is 6.38. The Labute approximate surface area is 107 Å². The van der Waals surface area contributed by atoms with Gasteiger partial charge in [0.05, 0.1) is 16.1 Å². The summed E-state index contributed by atoms with van der Waals surface area (Å²) in [6.07, 6.45) is 0. The topological polar surface area (TPSA) is 36.4 Å². The van der Waals surface area contributed by atoms with Crippen LogP contribution in [0.3, 0.4) is 0 Å². The molecule has 0 N–H and O–H groups in total. The van der Waals surface area contributed by atoms with Crippen molar-refractivity contribution in [3.05, 3.63) is 10.6 Å². The fraction of sp³-hybridized carbons (Fsp3) is 0.583. The van der Waals surface area contributed by atoms with Crippen molar-refractivity contribution in [1.82, 2.24) is 9.88 Å². The van der Waals surface area contributed by atoms with Crippen molar-refractivity contribution in [3.8, 4) is 0 Å². The fourth-order valence-corrected chi connectivity index (χ4v) is 2.50. The monoisotopic (exact) mass is 253 g/mol. The first-order valence-electron chi connectivity index (χ1n) is 5.57. The largest absolute Gasteiger partial charge is 0.351 e. The van der Waals surface area contributed by atoms with Gasteiger partial charge in [0.1, 0.15) is 5.94 Å². The van der Waals surface area contributed by atoms with Crippen LogP contribution in [0.25, 0.3) is 5.57 Å². The average Bonchev–Trinajstić information content (AvgIpc) is 2.67. The summed E-state index contributed by atoms with van der Waals surface area (Å²) >= 11 is 1.56. The van der Waals surface area contributed by atoms with E-state index in [9.17, 15) is 4.79 Å². The molecule has 0 amide bonds. The molecule has 0 unspecified atom stereocenters. The molecule has 1 heterocycles. The molecule has 1 aromatic rings. The summed E-state index contributed by atoms with van der Waals surface area (Å²) in [6.45, 7) is 5.51. The van der Waals surface area contributed by atoms with E-state index in [2.05, 4.69) is 16.8 Å². The molecule has 0 bridgehead atoms. The third-order valence-corrected chi connectivity index (χ3v) is 3.79. The molecule has 94 valence electrons. The zero-order chi connectivity index (χ0) is 13.0. The fourth-order valence-electron chi connectivity index (χ4n) is 1.43. The van der Waals surface area contributed by atoms with Crippen molar-refractivity contribution in [2.75, 3.05) is 39.1 Å². The van der Waals surface area contributed by atoms with Gasteiger partial charge in [0, 0.05) is 20.1 Å². The number of aromatic nitrogens is 1. The molecule has 5 heteroatoms. The highest BCUT2D eigenvalue weighted by atomic mass is 32.1. The zero-order valence-corrected chi connectivity index (χ0v) is 11.9. The van der Waals surface area contributed by atoms with Crippen LogP contribution >= 0.6 is 11.3 Å². The summed E-state index contributed by atoms with van der Waals surface area (Å²) < 4.78 is 0. The molecule has 0 radical (unpaired) electrons. The quantitative estimate of drug-likeness (QED) is 0.748. The number of carbonyl (C=O) groups excluding carboxylic acids is 1. The molecular formula is C12H19N3OS. The molecular weight excluding hydrogens is 234 g/mol. The summed E-state index contributed by atoms with van der Waals surface area (Å²) in [5.41, 5.74) is 1.59. The average molecular weight is 253 g/mol. The molecule has 0 aliphatic carbocycles. The van der Waals surface area contributed by atoms with Crippen LogP contribution < -0.4 is 4.90 Å². The number of anilines is 1. The SMILES string of the molecule is CCN(C)c1nc(C)c(C(=C=O)CN(C)C)s1. The number of likely N-dealkylation sites (N-methyl/N-ethyl adjacent to an activating group) is 1. The van der Waals surface area contributed by atoms with Gasteiger partial charge in [0.25, 0.3) is 0 Å². The lowest BCUT2D eigenvalue weighted by Gasteiger charge is -2.11. The highest BCUT2D eigenvalue weighted by Crippen LogP contribution is 2.29. The first-order chi connectivity index (χ1) is 7.99. The van der Waals surface area contributed by atoms with Crippen LogP contribution in [0.2, 0.25) is 0 Å². The minimum Gasteiger partial charge on any atom is -0.351 e. The van der Waals surface area contributed by atoms with Gasteiger partial charge >= 0.3 is 0 Å². The summed E-state index contributed by atoms with van der Waals surface area (Å²) in [4.78, 5) is 20.5. The Morgan fingerprint density at radius 3 is 2.53 bits per heavy atom. The molecule has 0 saturated heterocycles. The van der Waals surface area contributed by atoms with Crippen LogP contribution in [0.5, 0.6) is 0 Å². The number of hydrogen-bond acceptors (Lipinski definition) is 5. The molecule has 0 aliphatic rings. The number of nitrogens with zero attached hydrogens (tertiary/aromatic N) is 3. The van der Waals surface area contributed by atoms with Crippen molar-refractivity contribution in [1.29, 1.82) is 0 Å². The Hall–Kier alpha value is -1.16. The second kappa shape index (κ2) is 5.96. The lowest BCUT2D eigenvalue weighted by atomic mass is 10.2. The smallest absolute Gasteiger partial charge is 0.185 e. The maximum atomic E-state index is 11.0. The highest BCUT2D eigenvalue weighted by molar-refractivity contribution is 7.16. The lowest BCUT2D eigenvalue weighted by Crippen LogP contribution is -2.15. The van der Waals surface area contributed by atoms with Gasteiger partial charge in [-0.2, -0.15) is 0 Å². The van der Waals surface area contributed by atoms with Crippen LogP contribution in [0.15, 0.2) is 0 Å². The van der Waals surface area contributed by atoms with Gasteiger partial charge in [-0.25, -0.2) is 9.78 Å². The van der Waals surface area contributed by atoms with Crippen LogP contribution in [0.4, 0.5) is 5.13 Å². The van der Waals surface area contributed by atoms with Crippen LogP contribution in [-0.2, 0) is 4.79 Å². The maximum Gasteiger partial charge on any atom is 0.185 e. The van der Waals surface area contributed by atoms with E-state index in [1.54, 1.807) is 11.3 Å². The Balaban J connectivity index is 3.05. The van der Waals surface area contributed by atoms with Gasteiger partial charge in [-0.05, 0) is 27.9 Å². The molecule has 1 aromatic heterocycles. The minimum absolute atomic E-state index is 0.599. The van der Waals surface area contributed by atoms with Gasteiger partial charge in [-0.3, -0.25) is 0 Å². The van der Waals surface area contributed by atoms with E-state index < -0.39 is 0 Å². The molecule has 0 aromatic carbocycles. The highest BCUT2D eigenvalue weighted by Gasteiger charge is 2.15. The maximum absolute atomic E-state index is 11.0. The van der Waals surface area contributed by atoms with Gasteiger partial charge in [0.2, 0.25) is 0 Å². The van der Waals surface area contributed by atoms with Crippen LogP contribution in [0, 0.1) is 6.92 Å². The van der Waals surface area contributed by atoms with Crippen LogP contribution in [-0.4, -0.2) is 50.1 Å². The molecule has 0 saturated carbocycles. The molecule has 0 spiro atoms. The zero-order valence-electron chi connectivity index (χ0n) is 11.1. The van der Waals surface area contributed by atoms with E-state index >= 15 is 0 Å².